The number of nitrogens with one attached hydrogen (secondary N) is 1. The van der Waals surface area contributed by atoms with Gasteiger partial charge in [0.15, 0.2) is 11.5 Å². The zero-order valence-corrected chi connectivity index (χ0v) is 16.1. The molecule has 1 aromatic heterocycles. The first-order valence-corrected chi connectivity index (χ1v) is 9.57. The number of ketones is 1. The maximum atomic E-state index is 13.2. The molecule has 3 atom stereocenters. The van der Waals surface area contributed by atoms with Gasteiger partial charge in [-0.25, -0.2) is 0 Å². The van der Waals surface area contributed by atoms with Crippen LogP contribution in [0.25, 0.3) is 0 Å². The highest BCUT2D eigenvalue weighted by atomic mass is 16.5. The lowest BCUT2D eigenvalue weighted by atomic mass is 9.67. The van der Waals surface area contributed by atoms with Gasteiger partial charge >= 0.3 is 0 Å². The number of pyridine rings is 1. The van der Waals surface area contributed by atoms with E-state index in [2.05, 4.69) is 29.4 Å². The number of nitrogens with zero attached hydrogens (tertiary/aromatic N) is 1. The molecular weight excluding hydrogens is 352 g/mol. The van der Waals surface area contributed by atoms with Crippen LogP contribution in [-0.2, 0) is 27.3 Å². The number of ether oxygens (including phenoxy) is 1. The second-order valence-corrected chi connectivity index (χ2v) is 7.81. The third-order valence-electron chi connectivity index (χ3n) is 6.16. The number of carbonyl (C=O) groups excluding carboxylic acids is 2. The van der Waals surface area contributed by atoms with Crippen molar-refractivity contribution in [1.82, 2.24) is 10.3 Å². The summed E-state index contributed by atoms with van der Waals surface area (Å²) in [4.78, 5) is 30.3. The predicted molar refractivity (Wildman–Crippen MR) is 105 cm³/mol. The van der Waals surface area contributed by atoms with Gasteiger partial charge in [-0.1, -0.05) is 37.3 Å². The van der Waals surface area contributed by atoms with Crippen molar-refractivity contribution >= 4 is 11.7 Å². The molecule has 2 aromatic rings. The number of rotatable bonds is 4. The largest absolute Gasteiger partial charge is 0.493 e. The SMILES string of the molecule is COC1=C[C@H](C(=O)NCc2ccccn2)[C@@]2(C)Cc3ccccc3[C@H]2CC1=O. The van der Waals surface area contributed by atoms with Gasteiger partial charge in [-0.3, -0.25) is 14.6 Å². The monoisotopic (exact) mass is 376 g/mol. The first-order chi connectivity index (χ1) is 13.5. The summed E-state index contributed by atoms with van der Waals surface area (Å²) >= 11 is 0. The van der Waals surface area contributed by atoms with Crippen LogP contribution in [0.5, 0.6) is 0 Å². The molecule has 5 nitrogen and oxygen atoms in total. The summed E-state index contributed by atoms with van der Waals surface area (Å²) in [5, 5.41) is 3.01. The lowest BCUT2D eigenvalue weighted by Crippen LogP contribution is -2.41. The van der Waals surface area contributed by atoms with E-state index in [0.29, 0.717) is 13.0 Å². The number of fused-ring (bicyclic) bond motifs is 3. The van der Waals surface area contributed by atoms with Crippen molar-refractivity contribution < 1.29 is 14.3 Å². The van der Waals surface area contributed by atoms with Crippen LogP contribution < -0.4 is 5.32 Å². The zero-order chi connectivity index (χ0) is 19.7. The Labute approximate surface area is 164 Å². The molecule has 28 heavy (non-hydrogen) atoms. The van der Waals surface area contributed by atoms with Gasteiger partial charge in [0.2, 0.25) is 5.91 Å². The third kappa shape index (κ3) is 3.11. The Bertz CT molecular complexity index is 938. The van der Waals surface area contributed by atoms with Gasteiger partial charge in [-0.05, 0) is 47.1 Å². The fraction of sp³-hybridized carbons (Fsp3) is 0.348. The Kier molecular flexibility index (Phi) is 4.75. The molecule has 1 aromatic carbocycles. The van der Waals surface area contributed by atoms with E-state index in [9.17, 15) is 9.59 Å². The molecule has 1 amide bonds. The lowest BCUT2D eigenvalue weighted by Gasteiger charge is -2.35. The Morgan fingerprint density at radius 2 is 2.04 bits per heavy atom. The van der Waals surface area contributed by atoms with Crippen molar-refractivity contribution in [3.8, 4) is 0 Å². The summed E-state index contributed by atoms with van der Waals surface area (Å²) in [6, 6.07) is 13.8. The second kappa shape index (κ2) is 7.23. The smallest absolute Gasteiger partial charge is 0.227 e. The maximum Gasteiger partial charge on any atom is 0.227 e. The number of hydrogen-bond donors (Lipinski definition) is 1. The number of amides is 1. The highest BCUT2D eigenvalue weighted by Crippen LogP contribution is 2.55. The van der Waals surface area contributed by atoms with Crippen LogP contribution in [0, 0.1) is 11.3 Å². The topological polar surface area (TPSA) is 68.3 Å². The first kappa shape index (κ1) is 18.4. The van der Waals surface area contributed by atoms with Gasteiger partial charge < -0.3 is 10.1 Å². The number of benzene rings is 1. The highest BCUT2D eigenvalue weighted by molar-refractivity contribution is 5.96. The first-order valence-electron chi connectivity index (χ1n) is 9.57. The van der Waals surface area contributed by atoms with Gasteiger partial charge in [0, 0.05) is 12.6 Å². The van der Waals surface area contributed by atoms with Crippen molar-refractivity contribution in [3.63, 3.8) is 0 Å². The van der Waals surface area contributed by atoms with Crippen molar-refractivity contribution in [2.24, 2.45) is 11.3 Å². The average Bonchev–Trinajstić information content (AvgIpc) is 2.94. The van der Waals surface area contributed by atoms with Crippen LogP contribution in [0.4, 0.5) is 0 Å². The minimum atomic E-state index is -0.463. The second-order valence-electron chi connectivity index (χ2n) is 7.81. The number of carbonyl (C=O) groups is 2. The van der Waals surface area contributed by atoms with Crippen molar-refractivity contribution in [2.75, 3.05) is 7.11 Å². The van der Waals surface area contributed by atoms with E-state index in [1.165, 1.54) is 18.2 Å². The van der Waals surface area contributed by atoms with Crippen LogP contribution in [-0.4, -0.2) is 23.8 Å². The Balaban J connectivity index is 1.67. The Morgan fingerprint density at radius 1 is 1.25 bits per heavy atom. The number of hydrogen-bond acceptors (Lipinski definition) is 4. The van der Waals surface area contributed by atoms with Gasteiger partial charge in [-0.2, -0.15) is 0 Å². The summed E-state index contributed by atoms with van der Waals surface area (Å²) in [5.74, 6) is -0.336. The van der Waals surface area contributed by atoms with E-state index in [1.807, 2.05) is 30.3 Å². The fourth-order valence-corrected chi connectivity index (χ4v) is 4.66. The molecule has 0 spiro atoms. The van der Waals surface area contributed by atoms with Crippen molar-refractivity contribution in [2.45, 2.75) is 32.2 Å². The molecule has 0 fully saturated rings. The van der Waals surface area contributed by atoms with Gasteiger partial charge in [0.1, 0.15) is 0 Å². The molecule has 144 valence electrons. The molecule has 0 saturated heterocycles. The number of Topliss-reactive ketones (excluding diaryl/α,β-unsaturated/α-hetero) is 1. The van der Waals surface area contributed by atoms with Crippen molar-refractivity contribution in [3.05, 3.63) is 77.3 Å². The van der Waals surface area contributed by atoms with Crippen LogP contribution in [0.15, 0.2) is 60.5 Å². The van der Waals surface area contributed by atoms with Crippen LogP contribution in [0.3, 0.4) is 0 Å². The standard InChI is InChI=1S/C23H24N2O3/c1-23-13-15-7-3-4-9-17(15)18(23)11-20(26)21(28-2)12-19(23)22(27)25-14-16-8-5-6-10-24-16/h3-10,12,18-19H,11,13-14H2,1-2H3,(H,25,27)/t18-,19-,23+/m1/s1. The van der Waals surface area contributed by atoms with E-state index in [4.69, 9.17) is 4.74 Å². The molecule has 0 aliphatic heterocycles. The average molecular weight is 376 g/mol. The molecule has 0 bridgehead atoms. The summed E-state index contributed by atoms with van der Waals surface area (Å²) in [5.41, 5.74) is 2.81. The molecular formula is C23H24N2O3. The molecule has 2 aliphatic rings. The predicted octanol–water partition coefficient (Wildman–Crippen LogP) is 3.16. The van der Waals surface area contributed by atoms with Gasteiger partial charge in [0.05, 0.1) is 25.3 Å². The van der Waals surface area contributed by atoms with Gasteiger partial charge in [-0.15, -0.1) is 0 Å². The fourth-order valence-electron chi connectivity index (χ4n) is 4.66. The summed E-state index contributed by atoms with van der Waals surface area (Å²) in [7, 11) is 1.49. The van der Waals surface area contributed by atoms with E-state index in [1.54, 1.807) is 12.3 Å². The zero-order valence-electron chi connectivity index (χ0n) is 16.1. The number of aromatic nitrogens is 1. The maximum absolute atomic E-state index is 13.2. The minimum Gasteiger partial charge on any atom is -0.493 e. The summed E-state index contributed by atoms with van der Waals surface area (Å²) in [6.45, 7) is 2.47. The Hall–Kier alpha value is -2.95. The van der Waals surface area contributed by atoms with E-state index < -0.39 is 5.92 Å². The normalized spacial score (nSPS) is 25.9. The summed E-state index contributed by atoms with van der Waals surface area (Å²) in [6.07, 6.45) is 4.55. The molecule has 1 heterocycles. The highest BCUT2D eigenvalue weighted by Gasteiger charge is 2.52. The van der Waals surface area contributed by atoms with E-state index in [0.717, 1.165) is 12.1 Å². The minimum absolute atomic E-state index is 0.00861. The number of methoxy groups -OCH3 is 1. The van der Waals surface area contributed by atoms with E-state index >= 15 is 0 Å². The van der Waals surface area contributed by atoms with Crippen molar-refractivity contribution in [1.29, 1.82) is 0 Å². The molecule has 0 radical (unpaired) electrons. The van der Waals surface area contributed by atoms with Crippen LogP contribution >= 0.6 is 0 Å². The molecule has 0 saturated carbocycles. The molecule has 4 rings (SSSR count). The van der Waals surface area contributed by atoms with Crippen LogP contribution in [0.1, 0.15) is 36.1 Å². The molecule has 0 unspecified atom stereocenters. The quantitative estimate of drug-likeness (QED) is 0.890. The lowest BCUT2D eigenvalue weighted by molar-refractivity contribution is -0.127. The molecule has 1 N–H and O–H groups in total. The number of allylic oxidation sites excluding steroid dienone is 1. The molecule has 2 aliphatic carbocycles. The van der Waals surface area contributed by atoms with Crippen LogP contribution in [0.2, 0.25) is 0 Å². The van der Waals surface area contributed by atoms with E-state index in [-0.39, 0.29) is 28.8 Å². The Morgan fingerprint density at radius 3 is 2.79 bits per heavy atom. The summed E-state index contributed by atoms with van der Waals surface area (Å²) < 4.78 is 5.34. The molecule has 5 heteroatoms. The van der Waals surface area contributed by atoms with Gasteiger partial charge in [0.25, 0.3) is 0 Å². The third-order valence-corrected chi connectivity index (χ3v) is 6.16.